The molecule has 1 aromatic carbocycles. The number of anilines is 1. The van der Waals surface area contributed by atoms with Gasteiger partial charge in [-0.15, -0.1) is 0 Å². The first-order valence-corrected chi connectivity index (χ1v) is 10.5. The van der Waals surface area contributed by atoms with Crippen molar-refractivity contribution in [1.82, 2.24) is 4.90 Å². The van der Waals surface area contributed by atoms with E-state index in [2.05, 4.69) is 0 Å². The number of likely N-dealkylation sites (tertiary alicyclic amines) is 1. The van der Waals surface area contributed by atoms with Gasteiger partial charge in [-0.1, -0.05) is 30.5 Å². The van der Waals surface area contributed by atoms with E-state index in [9.17, 15) is 13.2 Å². The number of amides is 1. The Bertz CT molecular complexity index is 633. The van der Waals surface area contributed by atoms with Crippen LogP contribution in [0.4, 0.5) is 5.69 Å². The van der Waals surface area contributed by atoms with E-state index in [1.807, 2.05) is 36.1 Å². The lowest BCUT2D eigenvalue weighted by molar-refractivity contribution is -0.131. The Labute approximate surface area is 145 Å². The van der Waals surface area contributed by atoms with Crippen molar-refractivity contribution >= 4 is 21.6 Å². The number of sulfonamides is 1. The SMILES string of the molecule is Cc1ccc(N(CCCC(=O)N2CCCCCC2)S(C)(=O)=O)cc1. The molecule has 1 heterocycles. The molecule has 0 spiro atoms. The fourth-order valence-electron chi connectivity index (χ4n) is 3.05. The van der Waals surface area contributed by atoms with Gasteiger partial charge in [-0.25, -0.2) is 8.42 Å². The zero-order valence-corrected chi connectivity index (χ0v) is 15.5. The molecule has 6 heteroatoms. The zero-order valence-electron chi connectivity index (χ0n) is 14.7. The Morgan fingerprint density at radius 3 is 2.21 bits per heavy atom. The minimum Gasteiger partial charge on any atom is -0.343 e. The van der Waals surface area contributed by atoms with Gasteiger partial charge in [0.25, 0.3) is 0 Å². The number of nitrogens with zero attached hydrogens (tertiary/aromatic N) is 2. The molecule has 24 heavy (non-hydrogen) atoms. The van der Waals surface area contributed by atoms with E-state index in [4.69, 9.17) is 0 Å². The highest BCUT2D eigenvalue weighted by Crippen LogP contribution is 2.19. The number of benzene rings is 1. The minimum absolute atomic E-state index is 0.147. The van der Waals surface area contributed by atoms with Crippen LogP contribution >= 0.6 is 0 Å². The van der Waals surface area contributed by atoms with E-state index >= 15 is 0 Å². The smallest absolute Gasteiger partial charge is 0.232 e. The zero-order chi connectivity index (χ0) is 17.6. The van der Waals surface area contributed by atoms with Crippen LogP contribution in [0.1, 0.15) is 44.1 Å². The number of hydrogen-bond donors (Lipinski definition) is 0. The summed E-state index contributed by atoms with van der Waals surface area (Å²) in [6.45, 7) is 3.98. The van der Waals surface area contributed by atoms with Crippen molar-refractivity contribution in [1.29, 1.82) is 0 Å². The van der Waals surface area contributed by atoms with Gasteiger partial charge in [-0.3, -0.25) is 9.10 Å². The molecule has 0 bridgehead atoms. The molecule has 1 saturated heterocycles. The van der Waals surface area contributed by atoms with E-state index in [0.717, 1.165) is 31.5 Å². The average Bonchev–Trinajstić information content (AvgIpc) is 2.80. The van der Waals surface area contributed by atoms with Gasteiger partial charge >= 0.3 is 0 Å². The van der Waals surface area contributed by atoms with Crippen molar-refractivity contribution < 1.29 is 13.2 Å². The highest BCUT2D eigenvalue weighted by Gasteiger charge is 2.19. The molecular formula is C18H28N2O3S. The van der Waals surface area contributed by atoms with Crippen LogP contribution in [0.5, 0.6) is 0 Å². The first-order chi connectivity index (χ1) is 11.4. The number of aryl methyl sites for hydroxylation is 1. The maximum Gasteiger partial charge on any atom is 0.232 e. The Kier molecular flexibility index (Phi) is 6.66. The molecule has 1 fully saturated rings. The van der Waals surface area contributed by atoms with Gasteiger partial charge in [0.05, 0.1) is 11.9 Å². The first kappa shape index (κ1) is 18.8. The Morgan fingerprint density at radius 2 is 1.67 bits per heavy atom. The minimum atomic E-state index is -3.35. The third-order valence-corrected chi connectivity index (χ3v) is 5.63. The Morgan fingerprint density at radius 1 is 1.08 bits per heavy atom. The second kappa shape index (κ2) is 8.51. The second-order valence-electron chi connectivity index (χ2n) is 6.57. The summed E-state index contributed by atoms with van der Waals surface area (Å²) in [5, 5.41) is 0. The molecule has 0 saturated carbocycles. The number of rotatable bonds is 6. The van der Waals surface area contributed by atoms with E-state index in [0.29, 0.717) is 25.1 Å². The van der Waals surface area contributed by atoms with E-state index in [1.54, 1.807) is 0 Å². The van der Waals surface area contributed by atoms with Crippen LogP contribution in [0, 0.1) is 6.92 Å². The van der Waals surface area contributed by atoms with Crippen molar-refractivity contribution in [3.05, 3.63) is 29.8 Å². The maximum atomic E-state index is 12.3. The van der Waals surface area contributed by atoms with Crippen molar-refractivity contribution in [3.63, 3.8) is 0 Å². The van der Waals surface area contributed by atoms with Crippen molar-refractivity contribution in [2.75, 3.05) is 30.2 Å². The number of carbonyl (C=O) groups is 1. The van der Waals surface area contributed by atoms with Gasteiger partial charge in [0.2, 0.25) is 15.9 Å². The summed E-state index contributed by atoms with van der Waals surface area (Å²) >= 11 is 0. The van der Waals surface area contributed by atoms with Gasteiger partial charge in [-0.05, 0) is 38.3 Å². The fraction of sp³-hybridized carbons (Fsp3) is 0.611. The van der Waals surface area contributed by atoms with Gasteiger partial charge in [0.1, 0.15) is 0 Å². The van der Waals surface area contributed by atoms with Crippen LogP contribution < -0.4 is 4.31 Å². The van der Waals surface area contributed by atoms with E-state index in [1.165, 1.54) is 23.4 Å². The predicted octanol–water partition coefficient (Wildman–Crippen LogP) is 2.94. The summed E-state index contributed by atoms with van der Waals surface area (Å²) < 4.78 is 25.5. The lowest BCUT2D eigenvalue weighted by atomic mass is 10.2. The van der Waals surface area contributed by atoms with E-state index < -0.39 is 10.0 Å². The van der Waals surface area contributed by atoms with Crippen LogP contribution in [0.2, 0.25) is 0 Å². The lowest BCUT2D eigenvalue weighted by Crippen LogP contribution is -2.34. The topological polar surface area (TPSA) is 57.7 Å². The molecule has 5 nitrogen and oxygen atoms in total. The molecule has 0 aromatic heterocycles. The molecule has 1 aromatic rings. The quantitative estimate of drug-likeness (QED) is 0.791. The van der Waals surface area contributed by atoms with Crippen LogP contribution in [0.3, 0.4) is 0 Å². The third-order valence-electron chi connectivity index (χ3n) is 4.43. The standard InChI is InChI=1S/C18H28N2O3S/c1-16-9-11-17(12-10-16)20(24(2,22)23)15-7-8-18(21)19-13-5-3-4-6-14-19/h9-12H,3-8,13-15H2,1-2H3. The highest BCUT2D eigenvalue weighted by molar-refractivity contribution is 7.92. The molecule has 2 rings (SSSR count). The fourth-order valence-corrected chi connectivity index (χ4v) is 4.01. The second-order valence-corrected chi connectivity index (χ2v) is 8.48. The van der Waals surface area contributed by atoms with E-state index in [-0.39, 0.29) is 5.91 Å². The molecule has 0 atom stereocenters. The van der Waals surface area contributed by atoms with Gasteiger partial charge < -0.3 is 4.90 Å². The summed E-state index contributed by atoms with van der Waals surface area (Å²) in [4.78, 5) is 14.3. The highest BCUT2D eigenvalue weighted by atomic mass is 32.2. The van der Waals surface area contributed by atoms with Gasteiger partial charge in [-0.2, -0.15) is 0 Å². The lowest BCUT2D eigenvalue weighted by Gasteiger charge is -2.24. The van der Waals surface area contributed by atoms with Gasteiger partial charge in [0, 0.05) is 26.1 Å². The molecule has 0 unspecified atom stereocenters. The van der Waals surface area contributed by atoms with Crippen LogP contribution in [-0.2, 0) is 14.8 Å². The summed E-state index contributed by atoms with van der Waals surface area (Å²) in [5.74, 6) is 0.147. The summed E-state index contributed by atoms with van der Waals surface area (Å²) in [5.41, 5.74) is 1.74. The number of hydrogen-bond acceptors (Lipinski definition) is 3. The normalized spacial score (nSPS) is 15.8. The number of carbonyl (C=O) groups excluding carboxylic acids is 1. The molecule has 0 N–H and O–H groups in total. The first-order valence-electron chi connectivity index (χ1n) is 8.70. The maximum absolute atomic E-state index is 12.3. The summed E-state index contributed by atoms with van der Waals surface area (Å²) in [6.07, 6.45) is 6.69. The predicted molar refractivity (Wildman–Crippen MR) is 97.7 cm³/mol. The van der Waals surface area contributed by atoms with Crippen molar-refractivity contribution in [3.8, 4) is 0 Å². The van der Waals surface area contributed by atoms with Crippen molar-refractivity contribution in [2.45, 2.75) is 45.4 Å². The molecule has 134 valence electrons. The third kappa shape index (κ3) is 5.51. The molecule has 1 amide bonds. The van der Waals surface area contributed by atoms with Crippen molar-refractivity contribution in [2.24, 2.45) is 0 Å². The molecule has 0 aliphatic carbocycles. The van der Waals surface area contributed by atoms with Gasteiger partial charge in [0.15, 0.2) is 0 Å². The molecule has 1 aliphatic rings. The van der Waals surface area contributed by atoms with Crippen LogP contribution in [-0.4, -0.2) is 45.1 Å². The Balaban J connectivity index is 1.93. The Hall–Kier alpha value is -1.56. The molecule has 0 radical (unpaired) electrons. The van der Waals surface area contributed by atoms with Crippen LogP contribution in [0.15, 0.2) is 24.3 Å². The molecule has 1 aliphatic heterocycles. The van der Waals surface area contributed by atoms with Crippen LogP contribution in [0.25, 0.3) is 0 Å². The largest absolute Gasteiger partial charge is 0.343 e. The monoisotopic (exact) mass is 352 g/mol. The summed E-state index contributed by atoms with van der Waals surface area (Å²) in [7, 11) is -3.35. The summed E-state index contributed by atoms with van der Waals surface area (Å²) in [6, 6.07) is 7.42. The molecular weight excluding hydrogens is 324 g/mol. The average molecular weight is 352 g/mol.